The van der Waals surface area contributed by atoms with Gasteiger partial charge in [0.1, 0.15) is 6.04 Å². The van der Waals surface area contributed by atoms with Gasteiger partial charge in [-0.25, -0.2) is 0 Å². The fourth-order valence-corrected chi connectivity index (χ4v) is 3.76. The summed E-state index contributed by atoms with van der Waals surface area (Å²) >= 11 is 0. The number of amides is 2. The van der Waals surface area contributed by atoms with Gasteiger partial charge in [0.2, 0.25) is 11.8 Å². The molecule has 0 radical (unpaired) electrons. The number of nitrogens with zero attached hydrogens (tertiary/aromatic N) is 1. The molecule has 4 heteroatoms. The number of carbonyl (C=O) groups is 2. The lowest BCUT2D eigenvalue weighted by Gasteiger charge is -2.35. The molecule has 1 fully saturated rings. The first-order valence-electron chi connectivity index (χ1n) is 9.31. The molecule has 4 nitrogen and oxygen atoms in total. The summed E-state index contributed by atoms with van der Waals surface area (Å²) in [6.07, 6.45) is 3.07. The Morgan fingerprint density at radius 2 is 1.58 bits per heavy atom. The minimum absolute atomic E-state index is 0.00263. The van der Waals surface area contributed by atoms with Crippen molar-refractivity contribution in [2.75, 3.05) is 13.6 Å². The van der Waals surface area contributed by atoms with Crippen LogP contribution in [0.25, 0.3) is 0 Å². The predicted molar refractivity (Wildman–Crippen MR) is 103 cm³/mol. The topological polar surface area (TPSA) is 49.4 Å². The average Bonchev–Trinajstić information content (AvgIpc) is 2.72. The molecule has 1 aliphatic rings. The van der Waals surface area contributed by atoms with Crippen LogP contribution in [0, 0.1) is 0 Å². The van der Waals surface area contributed by atoms with Crippen LogP contribution in [0.1, 0.15) is 42.7 Å². The van der Waals surface area contributed by atoms with Crippen LogP contribution in [-0.2, 0) is 9.59 Å². The van der Waals surface area contributed by atoms with E-state index < -0.39 is 0 Å². The highest BCUT2D eigenvalue weighted by molar-refractivity contribution is 5.88. The van der Waals surface area contributed by atoms with Crippen molar-refractivity contribution in [2.24, 2.45) is 0 Å². The molecule has 26 heavy (non-hydrogen) atoms. The smallest absolute Gasteiger partial charge is 0.242 e. The van der Waals surface area contributed by atoms with Crippen molar-refractivity contribution in [1.29, 1.82) is 0 Å². The SMILES string of the molecule is CNC(=O)[C@H]1CCCCN1C(=O)CC(c1ccccc1)c1ccccc1. The van der Waals surface area contributed by atoms with E-state index in [1.807, 2.05) is 36.4 Å². The Labute approximate surface area is 155 Å². The zero-order chi connectivity index (χ0) is 18.4. The van der Waals surface area contributed by atoms with Gasteiger partial charge in [0.25, 0.3) is 0 Å². The lowest BCUT2D eigenvalue weighted by Crippen LogP contribution is -2.51. The Balaban J connectivity index is 1.84. The van der Waals surface area contributed by atoms with Crippen molar-refractivity contribution in [3.63, 3.8) is 0 Å². The molecule has 2 amide bonds. The summed E-state index contributed by atoms with van der Waals surface area (Å²) in [6, 6.07) is 19.9. The summed E-state index contributed by atoms with van der Waals surface area (Å²) in [5, 5.41) is 2.70. The number of rotatable bonds is 5. The Bertz CT molecular complexity index is 691. The summed E-state index contributed by atoms with van der Waals surface area (Å²) < 4.78 is 0. The van der Waals surface area contributed by atoms with Crippen LogP contribution >= 0.6 is 0 Å². The van der Waals surface area contributed by atoms with E-state index in [9.17, 15) is 9.59 Å². The van der Waals surface area contributed by atoms with Crippen molar-refractivity contribution < 1.29 is 9.59 Å². The first-order chi connectivity index (χ1) is 12.7. The van der Waals surface area contributed by atoms with Crippen LogP contribution in [0.3, 0.4) is 0 Å². The van der Waals surface area contributed by atoms with Crippen LogP contribution in [0.4, 0.5) is 0 Å². The van der Waals surface area contributed by atoms with Crippen molar-refractivity contribution in [3.8, 4) is 0 Å². The van der Waals surface area contributed by atoms with Crippen molar-refractivity contribution in [3.05, 3.63) is 71.8 Å². The monoisotopic (exact) mass is 350 g/mol. The molecule has 1 heterocycles. The highest BCUT2D eigenvalue weighted by atomic mass is 16.2. The van der Waals surface area contributed by atoms with E-state index in [0.29, 0.717) is 13.0 Å². The summed E-state index contributed by atoms with van der Waals surface area (Å²) in [5.41, 5.74) is 2.25. The van der Waals surface area contributed by atoms with E-state index in [-0.39, 0.29) is 23.8 Å². The molecule has 3 rings (SSSR count). The first kappa shape index (κ1) is 18.2. The number of benzene rings is 2. The van der Waals surface area contributed by atoms with Gasteiger partial charge in [0, 0.05) is 25.9 Å². The van der Waals surface area contributed by atoms with Gasteiger partial charge < -0.3 is 10.2 Å². The molecule has 0 unspecified atom stereocenters. The average molecular weight is 350 g/mol. The van der Waals surface area contributed by atoms with Crippen LogP contribution in [-0.4, -0.2) is 36.3 Å². The fourth-order valence-electron chi connectivity index (χ4n) is 3.76. The largest absolute Gasteiger partial charge is 0.357 e. The van der Waals surface area contributed by atoms with Gasteiger partial charge in [0.05, 0.1) is 0 Å². The number of carbonyl (C=O) groups excluding carboxylic acids is 2. The van der Waals surface area contributed by atoms with Crippen LogP contribution in [0.2, 0.25) is 0 Å². The number of piperidine rings is 1. The predicted octanol–water partition coefficient (Wildman–Crippen LogP) is 3.34. The van der Waals surface area contributed by atoms with Crippen LogP contribution in [0.5, 0.6) is 0 Å². The maximum Gasteiger partial charge on any atom is 0.242 e. The standard InChI is InChI=1S/C22H26N2O2/c1-23-22(26)20-14-8-9-15-24(20)21(25)16-19(17-10-4-2-5-11-17)18-12-6-3-7-13-18/h2-7,10-13,19-20H,8-9,14-16H2,1H3,(H,23,26)/t20-/m1/s1. The highest BCUT2D eigenvalue weighted by Crippen LogP contribution is 2.30. The number of nitrogens with one attached hydrogen (secondary N) is 1. The van der Waals surface area contributed by atoms with Gasteiger partial charge in [-0.2, -0.15) is 0 Å². The van der Waals surface area contributed by atoms with Crippen molar-refractivity contribution in [1.82, 2.24) is 10.2 Å². The Kier molecular flexibility index (Phi) is 6.05. The molecule has 1 saturated heterocycles. The Morgan fingerprint density at radius 3 is 2.12 bits per heavy atom. The minimum atomic E-state index is -0.339. The third kappa shape index (κ3) is 4.13. The lowest BCUT2D eigenvalue weighted by molar-refractivity contribution is -0.142. The second-order valence-corrected chi connectivity index (χ2v) is 6.79. The maximum absolute atomic E-state index is 13.1. The zero-order valence-corrected chi connectivity index (χ0v) is 15.2. The molecule has 0 aromatic heterocycles. The number of likely N-dealkylation sites (tertiary alicyclic amines) is 1. The minimum Gasteiger partial charge on any atom is -0.357 e. The van der Waals surface area contributed by atoms with E-state index in [1.54, 1.807) is 11.9 Å². The van der Waals surface area contributed by atoms with Gasteiger partial charge in [-0.3, -0.25) is 9.59 Å². The van der Waals surface area contributed by atoms with Gasteiger partial charge in [0.15, 0.2) is 0 Å². The zero-order valence-electron chi connectivity index (χ0n) is 15.2. The number of likely N-dealkylation sites (N-methyl/N-ethyl adjacent to an activating group) is 1. The number of hydrogen-bond acceptors (Lipinski definition) is 2. The molecular weight excluding hydrogens is 324 g/mol. The molecule has 0 spiro atoms. The third-order valence-electron chi connectivity index (χ3n) is 5.15. The van der Waals surface area contributed by atoms with E-state index in [0.717, 1.165) is 30.4 Å². The van der Waals surface area contributed by atoms with Crippen molar-refractivity contribution >= 4 is 11.8 Å². The Morgan fingerprint density at radius 1 is 1.00 bits per heavy atom. The van der Waals surface area contributed by atoms with Gasteiger partial charge in [-0.05, 0) is 30.4 Å². The van der Waals surface area contributed by atoms with Gasteiger partial charge >= 0.3 is 0 Å². The van der Waals surface area contributed by atoms with Crippen LogP contribution < -0.4 is 5.32 Å². The van der Waals surface area contributed by atoms with Gasteiger partial charge in [-0.15, -0.1) is 0 Å². The summed E-state index contributed by atoms with van der Waals surface area (Å²) in [7, 11) is 1.64. The lowest BCUT2D eigenvalue weighted by atomic mass is 9.87. The fraction of sp³-hybridized carbons (Fsp3) is 0.364. The molecule has 0 bridgehead atoms. The molecule has 1 atom stereocenters. The second kappa shape index (κ2) is 8.65. The van der Waals surface area contributed by atoms with Crippen LogP contribution in [0.15, 0.2) is 60.7 Å². The molecule has 0 saturated carbocycles. The van der Waals surface area contributed by atoms with E-state index in [4.69, 9.17) is 0 Å². The maximum atomic E-state index is 13.1. The normalized spacial score (nSPS) is 17.2. The quantitative estimate of drug-likeness (QED) is 0.899. The van der Waals surface area contributed by atoms with E-state index in [2.05, 4.69) is 29.6 Å². The molecule has 136 valence electrons. The third-order valence-corrected chi connectivity index (χ3v) is 5.15. The molecular formula is C22H26N2O2. The molecule has 2 aromatic rings. The summed E-state index contributed by atoms with van der Waals surface area (Å²) in [6.45, 7) is 0.660. The van der Waals surface area contributed by atoms with Gasteiger partial charge in [-0.1, -0.05) is 60.7 Å². The summed E-state index contributed by atoms with van der Waals surface area (Å²) in [4.78, 5) is 27.1. The van der Waals surface area contributed by atoms with E-state index in [1.165, 1.54) is 0 Å². The second-order valence-electron chi connectivity index (χ2n) is 6.79. The Hall–Kier alpha value is -2.62. The highest BCUT2D eigenvalue weighted by Gasteiger charge is 2.32. The van der Waals surface area contributed by atoms with E-state index >= 15 is 0 Å². The molecule has 0 aliphatic carbocycles. The number of hydrogen-bond donors (Lipinski definition) is 1. The van der Waals surface area contributed by atoms with Crippen molar-refractivity contribution in [2.45, 2.75) is 37.6 Å². The molecule has 1 aliphatic heterocycles. The molecule has 1 N–H and O–H groups in total. The molecule has 2 aromatic carbocycles. The summed E-state index contributed by atoms with van der Waals surface area (Å²) in [5.74, 6) is -0.0119. The first-order valence-corrected chi connectivity index (χ1v) is 9.31.